The molecule has 0 radical (unpaired) electrons. The standard InChI is InChI=1S/C13H19NS/c1-6-9(3)11(5)12-10(4)8-15-13(12)14-7-2/h7-9H,2,6H2,1,3-5H3/b12-11+,14-13?. The number of allylic oxidation sites excluding steroid dienone is 2. The first kappa shape index (κ1) is 12.3. The molecule has 1 nitrogen and oxygen atoms in total. The maximum Gasteiger partial charge on any atom is 0.108 e. The molecule has 15 heavy (non-hydrogen) atoms. The van der Waals surface area contributed by atoms with Crippen molar-refractivity contribution in [3.8, 4) is 0 Å². The summed E-state index contributed by atoms with van der Waals surface area (Å²) in [5.74, 6) is 0.622. The molecule has 1 aliphatic rings. The van der Waals surface area contributed by atoms with Crippen molar-refractivity contribution in [2.45, 2.75) is 34.1 Å². The highest BCUT2D eigenvalue weighted by Gasteiger charge is 2.20. The first-order valence-corrected chi connectivity index (χ1v) is 6.23. The number of hydrogen-bond acceptors (Lipinski definition) is 2. The summed E-state index contributed by atoms with van der Waals surface area (Å²) in [6.07, 6.45) is 2.80. The Labute approximate surface area is 97.1 Å². The molecule has 0 aromatic carbocycles. The third-order valence-electron chi connectivity index (χ3n) is 2.91. The Kier molecular flexibility index (Phi) is 4.40. The Morgan fingerprint density at radius 1 is 1.67 bits per heavy atom. The van der Waals surface area contributed by atoms with Gasteiger partial charge in [-0.25, -0.2) is 4.99 Å². The highest BCUT2D eigenvalue weighted by Crippen LogP contribution is 2.35. The van der Waals surface area contributed by atoms with Crippen LogP contribution in [0.5, 0.6) is 0 Å². The van der Waals surface area contributed by atoms with Crippen LogP contribution in [-0.4, -0.2) is 5.04 Å². The first-order chi connectivity index (χ1) is 7.11. The van der Waals surface area contributed by atoms with Gasteiger partial charge in [0.1, 0.15) is 5.04 Å². The van der Waals surface area contributed by atoms with E-state index in [1.165, 1.54) is 23.1 Å². The zero-order valence-corrected chi connectivity index (χ0v) is 10.8. The van der Waals surface area contributed by atoms with Crippen LogP contribution in [0.1, 0.15) is 34.1 Å². The Morgan fingerprint density at radius 2 is 2.33 bits per heavy atom. The molecule has 0 spiro atoms. The summed E-state index contributed by atoms with van der Waals surface area (Å²) in [6, 6.07) is 0. The van der Waals surface area contributed by atoms with Crippen molar-refractivity contribution >= 4 is 16.8 Å². The number of aliphatic imine (C=N–C) groups is 1. The lowest BCUT2D eigenvalue weighted by Crippen LogP contribution is -2.03. The molecule has 0 amide bonds. The summed E-state index contributed by atoms with van der Waals surface area (Å²) in [7, 11) is 0. The monoisotopic (exact) mass is 221 g/mol. The second kappa shape index (κ2) is 5.36. The number of rotatable bonds is 3. The summed E-state index contributed by atoms with van der Waals surface area (Å²) in [5.41, 5.74) is 4.10. The smallest absolute Gasteiger partial charge is 0.108 e. The van der Waals surface area contributed by atoms with E-state index in [1.807, 2.05) is 0 Å². The fraction of sp³-hybridized carbons (Fsp3) is 0.462. The lowest BCUT2D eigenvalue weighted by molar-refractivity contribution is 0.652. The van der Waals surface area contributed by atoms with Crippen LogP contribution in [0, 0.1) is 5.92 Å². The van der Waals surface area contributed by atoms with Crippen LogP contribution < -0.4 is 0 Å². The zero-order valence-electron chi connectivity index (χ0n) is 10.0. The predicted octanol–water partition coefficient (Wildman–Crippen LogP) is 4.54. The normalized spacial score (nSPS) is 24.0. The van der Waals surface area contributed by atoms with E-state index < -0.39 is 0 Å². The van der Waals surface area contributed by atoms with Gasteiger partial charge in [-0.1, -0.05) is 37.8 Å². The van der Waals surface area contributed by atoms with Gasteiger partial charge in [0.2, 0.25) is 0 Å². The molecule has 1 atom stereocenters. The van der Waals surface area contributed by atoms with E-state index in [-0.39, 0.29) is 0 Å². The summed E-state index contributed by atoms with van der Waals surface area (Å²) >= 11 is 1.70. The molecule has 0 saturated carbocycles. The molecule has 1 heterocycles. The summed E-state index contributed by atoms with van der Waals surface area (Å²) in [6.45, 7) is 12.5. The molecule has 0 aromatic heterocycles. The van der Waals surface area contributed by atoms with E-state index in [0.29, 0.717) is 5.92 Å². The van der Waals surface area contributed by atoms with Crippen molar-refractivity contribution in [3.05, 3.63) is 34.9 Å². The van der Waals surface area contributed by atoms with E-state index in [4.69, 9.17) is 0 Å². The Morgan fingerprint density at radius 3 is 2.87 bits per heavy atom. The fourth-order valence-corrected chi connectivity index (χ4v) is 2.62. The third kappa shape index (κ3) is 2.63. The van der Waals surface area contributed by atoms with Gasteiger partial charge in [-0.3, -0.25) is 0 Å². The molecule has 0 fully saturated rings. The molecule has 0 aliphatic carbocycles. The van der Waals surface area contributed by atoms with Crippen molar-refractivity contribution in [1.82, 2.24) is 0 Å². The number of hydrogen-bond donors (Lipinski definition) is 0. The molecule has 1 rings (SSSR count). The van der Waals surface area contributed by atoms with Crippen LogP contribution >= 0.6 is 11.8 Å². The van der Waals surface area contributed by atoms with E-state index in [9.17, 15) is 0 Å². The maximum atomic E-state index is 4.33. The van der Waals surface area contributed by atoms with Gasteiger partial charge in [0.25, 0.3) is 0 Å². The molecular formula is C13H19NS. The highest BCUT2D eigenvalue weighted by atomic mass is 32.2. The van der Waals surface area contributed by atoms with Crippen LogP contribution in [0.15, 0.2) is 39.9 Å². The highest BCUT2D eigenvalue weighted by molar-refractivity contribution is 8.17. The van der Waals surface area contributed by atoms with Gasteiger partial charge in [-0.05, 0) is 37.2 Å². The summed E-state index contributed by atoms with van der Waals surface area (Å²) < 4.78 is 0. The van der Waals surface area contributed by atoms with Crippen LogP contribution in [-0.2, 0) is 0 Å². The zero-order chi connectivity index (χ0) is 11.4. The first-order valence-electron chi connectivity index (χ1n) is 5.35. The van der Waals surface area contributed by atoms with E-state index in [0.717, 1.165) is 5.04 Å². The van der Waals surface area contributed by atoms with E-state index >= 15 is 0 Å². The van der Waals surface area contributed by atoms with Gasteiger partial charge in [0, 0.05) is 11.8 Å². The second-order valence-electron chi connectivity index (χ2n) is 3.90. The van der Waals surface area contributed by atoms with Crippen molar-refractivity contribution < 1.29 is 0 Å². The average Bonchev–Trinajstić information content (AvgIpc) is 2.58. The third-order valence-corrected chi connectivity index (χ3v) is 3.91. The minimum Gasteiger partial charge on any atom is -0.250 e. The van der Waals surface area contributed by atoms with Crippen molar-refractivity contribution in [2.24, 2.45) is 10.9 Å². The van der Waals surface area contributed by atoms with Crippen molar-refractivity contribution in [2.75, 3.05) is 0 Å². The van der Waals surface area contributed by atoms with Crippen LogP contribution in [0.25, 0.3) is 0 Å². The Balaban J connectivity index is 3.13. The van der Waals surface area contributed by atoms with E-state index in [2.05, 4.69) is 44.7 Å². The van der Waals surface area contributed by atoms with Gasteiger partial charge in [0.05, 0.1) is 0 Å². The molecule has 1 unspecified atom stereocenters. The Bertz CT molecular complexity index is 348. The number of thioether (sulfide) groups is 1. The average molecular weight is 221 g/mol. The molecular weight excluding hydrogens is 202 g/mol. The van der Waals surface area contributed by atoms with E-state index in [1.54, 1.807) is 18.0 Å². The van der Waals surface area contributed by atoms with Gasteiger partial charge in [0.15, 0.2) is 0 Å². The number of nitrogens with zero attached hydrogens (tertiary/aromatic N) is 1. The second-order valence-corrected chi connectivity index (χ2v) is 4.76. The minimum atomic E-state index is 0.622. The molecule has 0 bridgehead atoms. The predicted molar refractivity (Wildman–Crippen MR) is 71.1 cm³/mol. The molecule has 0 saturated heterocycles. The quantitative estimate of drug-likeness (QED) is 0.681. The van der Waals surface area contributed by atoms with Crippen LogP contribution in [0.4, 0.5) is 0 Å². The SMILES string of the molecule is C=CN=C1SC=C(C)/C1=C(/C)C(C)CC. The molecule has 0 aromatic rings. The van der Waals surface area contributed by atoms with Gasteiger partial charge >= 0.3 is 0 Å². The molecule has 0 N–H and O–H groups in total. The van der Waals surface area contributed by atoms with Crippen molar-refractivity contribution in [1.29, 1.82) is 0 Å². The Hall–Kier alpha value is -0.760. The summed E-state index contributed by atoms with van der Waals surface area (Å²) in [5, 5.41) is 3.27. The van der Waals surface area contributed by atoms with Crippen LogP contribution in [0.2, 0.25) is 0 Å². The van der Waals surface area contributed by atoms with Crippen molar-refractivity contribution in [3.63, 3.8) is 0 Å². The molecule has 82 valence electrons. The topological polar surface area (TPSA) is 12.4 Å². The summed E-state index contributed by atoms with van der Waals surface area (Å²) in [4.78, 5) is 4.33. The largest absolute Gasteiger partial charge is 0.250 e. The minimum absolute atomic E-state index is 0.622. The van der Waals surface area contributed by atoms with Gasteiger partial charge < -0.3 is 0 Å². The maximum absolute atomic E-state index is 4.33. The molecule has 1 aliphatic heterocycles. The fourth-order valence-electron chi connectivity index (χ4n) is 1.64. The molecule has 2 heteroatoms. The van der Waals surface area contributed by atoms with Gasteiger partial charge in [-0.15, -0.1) is 0 Å². The van der Waals surface area contributed by atoms with Crippen LogP contribution in [0.3, 0.4) is 0 Å². The lowest BCUT2D eigenvalue weighted by atomic mass is 9.92. The lowest BCUT2D eigenvalue weighted by Gasteiger charge is -2.14. The van der Waals surface area contributed by atoms with Gasteiger partial charge in [-0.2, -0.15) is 0 Å².